The minimum Gasteiger partial charge on any atom is -0.460 e. The summed E-state index contributed by atoms with van der Waals surface area (Å²) in [4.78, 5) is 15.2. The zero-order valence-electron chi connectivity index (χ0n) is 16.5. The number of aromatic nitrogens is 1. The summed E-state index contributed by atoms with van der Waals surface area (Å²) >= 11 is 0. The second kappa shape index (κ2) is 8.20. The fourth-order valence-corrected chi connectivity index (χ4v) is 3.76. The first kappa shape index (κ1) is 18.8. The number of ether oxygens (including phenoxy) is 1. The van der Waals surface area contributed by atoms with E-state index in [-0.39, 0.29) is 5.91 Å². The molecule has 1 aromatic carbocycles. The number of morpholine rings is 1. The van der Waals surface area contributed by atoms with Crippen LogP contribution in [0.15, 0.2) is 40.8 Å². The molecule has 148 valence electrons. The van der Waals surface area contributed by atoms with Crippen molar-refractivity contribution in [3.8, 4) is 0 Å². The van der Waals surface area contributed by atoms with Crippen molar-refractivity contribution in [1.29, 1.82) is 0 Å². The Hall–Kier alpha value is -2.57. The van der Waals surface area contributed by atoms with Gasteiger partial charge < -0.3 is 19.0 Å². The lowest BCUT2D eigenvalue weighted by atomic mass is 10.1. The number of hydrogen-bond donors (Lipinski definition) is 1. The van der Waals surface area contributed by atoms with Crippen molar-refractivity contribution in [2.45, 2.75) is 20.4 Å². The molecule has 3 aromatic rings. The van der Waals surface area contributed by atoms with Crippen LogP contribution in [0.25, 0.3) is 11.1 Å². The molecule has 0 bridgehead atoms. The van der Waals surface area contributed by atoms with Gasteiger partial charge >= 0.3 is 0 Å². The van der Waals surface area contributed by atoms with Crippen molar-refractivity contribution in [2.75, 3.05) is 39.4 Å². The highest BCUT2D eigenvalue weighted by Gasteiger charge is 2.19. The van der Waals surface area contributed by atoms with Gasteiger partial charge in [0.25, 0.3) is 5.91 Å². The Balaban J connectivity index is 1.52. The number of nitrogens with zero attached hydrogens (tertiary/aromatic N) is 2. The van der Waals surface area contributed by atoms with Crippen molar-refractivity contribution in [2.24, 2.45) is 0 Å². The van der Waals surface area contributed by atoms with Gasteiger partial charge in [-0.1, -0.05) is 29.8 Å². The van der Waals surface area contributed by atoms with E-state index in [0.29, 0.717) is 18.8 Å². The molecule has 1 aliphatic rings. The molecule has 0 saturated carbocycles. The van der Waals surface area contributed by atoms with E-state index >= 15 is 0 Å². The lowest BCUT2D eigenvalue weighted by Crippen LogP contribution is -2.41. The number of amides is 1. The topological polar surface area (TPSA) is 59.6 Å². The van der Waals surface area contributed by atoms with Gasteiger partial charge in [-0.3, -0.25) is 9.69 Å². The summed E-state index contributed by atoms with van der Waals surface area (Å²) in [5, 5.41) is 3.07. The van der Waals surface area contributed by atoms with E-state index in [1.165, 1.54) is 11.1 Å². The van der Waals surface area contributed by atoms with Crippen molar-refractivity contribution in [1.82, 2.24) is 14.8 Å². The molecule has 1 saturated heterocycles. The van der Waals surface area contributed by atoms with Gasteiger partial charge in [-0.25, -0.2) is 0 Å². The van der Waals surface area contributed by atoms with Gasteiger partial charge in [-0.15, -0.1) is 0 Å². The van der Waals surface area contributed by atoms with Crippen LogP contribution in [-0.2, 0) is 11.3 Å². The van der Waals surface area contributed by atoms with E-state index < -0.39 is 0 Å². The number of carbonyl (C=O) groups excluding carboxylic acids is 1. The first-order chi connectivity index (χ1) is 13.6. The van der Waals surface area contributed by atoms with Crippen molar-refractivity contribution < 1.29 is 13.9 Å². The lowest BCUT2D eigenvalue weighted by molar-refractivity contribution is 0.0383. The number of fused-ring (bicyclic) bond motifs is 1. The largest absolute Gasteiger partial charge is 0.460 e. The number of furan rings is 1. The summed E-state index contributed by atoms with van der Waals surface area (Å²) in [5.74, 6) is 0.784. The molecule has 1 aliphatic heterocycles. The first-order valence-corrected chi connectivity index (χ1v) is 9.84. The Bertz CT molecular complexity index is 967. The number of nitrogens with one attached hydrogen (secondary N) is 1. The van der Waals surface area contributed by atoms with Crippen LogP contribution >= 0.6 is 0 Å². The summed E-state index contributed by atoms with van der Waals surface area (Å²) in [6, 6.07) is 12.2. The average molecular weight is 381 g/mol. The van der Waals surface area contributed by atoms with Gasteiger partial charge in [0.2, 0.25) is 0 Å². The molecule has 2 aromatic heterocycles. The normalized spacial score (nSPS) is 15.2. The Morgan fingerprint density at radius 3 is 2.75 bits per heavy atom. The zero-order chi connectivity index (χ0) is 19.5. The van der Waals surface area contributed by atoms with Gasteiger partial charge in [-0.2, -0.15) is 0 Å². The summed E-state index contributed by atoms with van der Waals surface area (Å²) in [6.45, 7) is 9.48. The van der Waals surface area contributed by atoms with E-state index in [0.717, 1.165) is 49.7 Å². The fourth-order valence-electron chi connectivity index (χ4n) is 3.76. The van der Waals surface area contributed by atoms with Gasteiger partial charge in [0.15, 0.2) is 5.58 Å². The predicted octanol–water partition coefficient (Wildman–Crippen LogP) is 2.96. The van der Waals surface area contributed by atoms with E-state index in [2.05, 4.69) is 35.3 Å². The van der Waals surface area contributed by atoms with Crippen LogP contribution < -0.4 is 5.32 Å². The standard InChI is InChI=1S/C22H27N3O3/c1-16-4-3-5-18(12-16)15-25-19-13-17(2)28-21(19)14-20(25)22(26)23-6-7-24-8-10-27-11-9-24/h3-5,12-14H,6-11,15H2,1-2H3,(H,23,26). The molecule has 1 N–H and O–H groups in total. The number of carbonyl (C=O) groups is 1. The van der Waals surface area contributed by atoms with Crippen LogP contribution in [-0.4, -0.2) is 54.8 Å². The van der Waals surface area contributed by atoms with Gasteiger partial charge in [0.1, 0.15) is 11.5 Å². The number of benzene rings is 1. The van der Waals surface area contributed by atoms with Crippen LogP contribution in [0.1, 0.15) is 27.4 Å². The van der Waals surface area contributed by atoms with Crippen molar-refractivity contribution in [3.63, 3.8) is 0 Å². The van der Waals surface area contributed by atoms with Crippen LogP contribution in [0.5, 0.6) is 0 Å². The predicted molar refractivity (Wildman–Crippen MR) is 109 cm³/mol. The second-order valence-corrected chi connectivity index (χ2v) is 7.42. The summed E-state index contributed by atoms with van der Waals surface area (Å²) in [7, 11) is 0. The van der Waals surface area contributed by atoms with Crippen LogP contribution in [0, 0.1) is 13.8 Å². The Kier molecular flexibility index (Phi) is 5.50. The van der Waals surface area contributed by atoms with Crippen molar-refractivity contribution >= 4 is 17.0 Å². The first-order valence-electron chi connectivity index (χ1n) is 9.84. The third-order valence-electron chi connectivity index (χ3n) is 5.19. The average Bonchev–Trinajstić information content (AvgIpc) is 3.20. The molecule has 28 heavy (non-hydrogen) atoms. The molecule has 0 aliphatic carbocycles. The van der Waals surface area contributed by atoms with E-state index in [1.807, 2.05) is 29.7 Å². The fraction of sp³-hybridized carbons (Fsp3) is 0.409. The van der Waals surface area contributed by atoms with E-state index in [9.17, 15) is 4.79 Å². The van der Waals surface area contributed by atoms with Gasteiger partial charge in [-0.05, 0) is 19.4 Å². The minimum atomic E-state index is -0.0648. The highest BCUT2D eigenvalue weighted by Crippen LogP contribution is 2.25. The molecule has 4 rings (SSSR count). The minimum absolute atomic E-state index is 0.0648. The molecule has 1 fully saturated rings. The molecule has 0 unspecified atom stereocenters. The number of aryl methyl sites for hydroxylation is 2. The van der Waals surface area contributed by atoms with E-state index in [1.54, 1.807) is 0 Å². The van der Waals surface area contributed by atoms with Crippen LogP contribution in [0.4, 0.5) is 0 Å². The maximum absolute atomic E-state index is 12.9. The van der Waals surface area contributed by atoms with E-state index in [4.69, 9.17) is 9.15 Å². The number of rotatable bonds is 6. The summed E-state index contributed by atoms with van der Waals surface area (Å²) in [5.41, 5.74) is 4.72. The van der Waals surface area contributed by atoms with Crippen LogP contribution in [0.2, 0.25) is 0 Å². The zero-order valence-corrected chi connectivity index (χ0v) is 16.5. The third kappa shape index (κ3) is 4.13. The quantitative estimate of drug-likeness (QED) is 0.713. The Labute approximate surface area is 165 Å². The molecule has 6 heteroatoms. The highest BCUT2D eigenvalue weighted by molar-refractivity contribution is 5.97. The highest BCUT2D eigenvalue weighted by atomic mass is 16.5. The summed E-state index contributed by atoms with van der Waals surface area (Å²) in [6.07, 6.45) is 0. The third-order valence-corrected chi connectivity index (χ3v) is 5.19. The molecule has 0 spiro atoms. The lowest BCUT2D eigenvalue weighted by Gasteiger charge is -2.26. The smallest absolute Gasteiger partial charge is 0.268 e. The Morgan fingerprint density at radius 2 is 1.96 bits per heavy atom. The van der Waals surface area contributed by atoms with Gasteiger partial charge in [0.05, 0.1) is 18.7 Å². The molecule has 0 atom stereocenters. The molecule has 1 amide bonds. The molecule has 3 heterocycles. The second-order valence-electron chi connectivity index (χ2n) is 7.42. The Morgan fingerprint density at radius 1 is 1.14 bits per heavy atom. The molecule has 6 nitrogen and oxygen atoms in total. The maximum atomic E-state index is 12.9. The molecule has 0 radical (unpaired) electrons. The van der Waals surface area contributed by atoms with Gasteiger partial charge in [0, 0.05) is 44.9 Å². The summed E-state index contributed by atoms with van der Waals surface area (Å²) < 4.78 is 13.2. The SMILES string of the molecule is Cc1cccc(Cn2c(C(=O)NCCN3CCOCC3)cc3oc(C)cc32)c1. The monoisotopic (exact) mass is 381 g/mol. The molecular weight excluding hydrogens is 354 g/mol. The number of hydrogen-bond acceptors (Lipinski definition) is 4. The van der Waals surface area contributed by atoms with Crippen molar-refractivity contribution in [3.05, 3.63) is 59.0 Å². The maximum Gasteiger partial charge on any atom is 0.268 e. The van der Waals surface area contributed by atoms with Crippen LogP contribution in [0.3, 0.4) is 0 Å². The molecular formula is C22H27N3O3.